The average molecular weight is 587 g/mol. The number of benzene rings is 1. The average Bonchev–Trinajstić information content (AvgIpc) is 3.11. The van der Waals surface area contributed by atoms with Crippen molar-refractivity contribution in [2.45, 2.75) is 25.8 Å². The molecular formula is C18H22ClFN3O3Tl. The van der Waals surface area contributed by atoms with Crippen molar-refractivity contribution < 1.29 is 16.6 Å². The van der Waals surface area contributed by atoms with Crippen molar-refractivity contribution >= 4 is 49.6 Å². The summed E-state index contributed by atoms with van der Waals surface area (Å²) in [5, 5.41) is 0.174. The summed E-state index contributed by atoms with van der Waals surface area (Å²) >= 11 is 6.05. The standard InChI is InChI=1S/C11H15N3O2.C6H4ClF.CH3O.Tl/c1-8-4-3-5-14(8)10-7-12-9(6-13-10)11(15)16-2;7-5-3-1-2-4-6(5)8;1-2;/h6-8H,3-5H2,1-2H3;1-4H;1H3;/q;;-1;+1. The van der Waals surface area contributed by atoms with E-state index in [1.54, 1.807) is 25.4 Å². The quantitative estimate of drug-likeness (QED) is 0.397. The van der Waals surface area contributed by atoms with Gasteiger partial charge in [0.15, 0.2) is 5.69 Å². The second kappa shape index (κ2) is 13.0. The predicted octanol–water partition coefficient (Wildman–Crippen LogP) is 3.45. The van der Waals surface area contributed by atoms with Gasteiger partial charge in [0, 0.05) is 12.6 Å². The summed E-state index contributed by atoms with van der Waals surface area (Å²) in [5.41, 5.74) is 0.248. The topological polar surface area (TPSA) is 64.5 Å². The van der Waals surface area contributed by atoms with Crippen molar-refractivity contribution in [1.29, 1.82) is 0 Å². The molecule has 1 fully saturated rings. The molecule has 144 valence electrons. The third-order valence-electron chi connectivity index (χ3n) is 3.70. The molecule has 1 unspecified atom stereocenters. The van der Waals surface area contributed by atoms with Gasteiger partial charge in [-0.3, -0.25) is 0 Å². The maximum atomic E-state index is 12.2. The van der Waals surface area contributed by atoms with Crippen LogP contribution in [0.15, 0.2) is 36.7 Å². The predicted molar refractivity (Wildman–Crippen MR) is 104 cm³/mol. The molecule has 1 aliphatic heterocycles. The largest absolute Gasteiger partial charge is 0.205 e. The van der Waals surface area contributed by atoms with Crippen molar-refractivity contribution in [3.8, 4) is 0 Å². The Hall–Kier alpha value is -1.33. The number of aromatic nitrogens is 2. The monoisotopic (exact) mass is 587 g/mol. The molecule has 1 aromatic carbocycles. The van der Waals surface area contributed by atoms with Crippen LogP contribution in [-0.2, 0) is 7.42 Å². The maximum absolute atomic E-state index is 12.2. The molecule has 3 rings (SSSR count). The fourth-order valence-electron chi connectivity index (χ4n) is 2.39. The van der Waals surface area contributed by atoms with Gasteiger partial charge in [0.25, 0.3) is 0 Å². The van der Waals surface area contributed by atoms with Crippen molar-refractivity contribution in [2.24, 2.45) is 0 Å². The molecule has 2 heterocycles. The summed E-state index contributed by atoms with van der Waals surface area (Å²) in [4.78, 5) is 21.7. The van der Waals surface area contributed by atoms with Gasteiger partial charge < -0.3 is 9.64 Å². The number of nitrogens with zero attached hydrogens (tertiary/aromatic N) is 3. The van der Waals surface area contributed by atoms with E-state index in [1.165, 1.54) is 38.3 Å². The summed E-state index contributed by atoms with van der Waals surface area (Å²) in [7, 11) is 3.03. The van der Waals surface area contributed by atoms with Crippen LogP contribution in [0.4, 0.5) is 10.2 Å². The van der Waals surface area contributed by atoms with Gasteiger partial charge in [-0.25, -0.2) is 19.2 Å². The molecule has 2 aromatic rings. The van der Waals surface area contributed by atoms with Crippen LogP contribution in [0.5, 0.6) is 0 Å². The normalized spacial score (nSPS) is 15.1. The third kappa shape index (κ3) is 8.06. The SMILES string of the molecule is COC(=O)c1cnc(N2CCCC2C)cn1.C[O][Tl].Fc1ccccc1Cl. The minimum absolute atomic E-state index is 0.174. The number of anilines is 1. The summed E-state index contributed by atoms with van der Waals surface area (Å²) in [6.45, 7) is 3.18. The van der Waals surface area contributed by atoms with Gasteiger partial charge in [-0.2, -0.15) is 0 Å². The van der Waals surface area contributed by atoms with Gasteiger partial charge >= 0.3 is 42.0 Å². The summed E-state index contributed by atoms with van der Waals surface area (Å²) < 4.78 is 21.2. The fraction of sp³-hybridized carbons (Fsp3) is 0.389. The van der Waals surface area contributed by atoms with Crippen LogP contribution in [0.2, 0.25) is 5.02 Å². The molecule has 0 saturated carbocycles. The smallest absolute Gasteiger partial charge is 0.141 e. The van der Waals surface area contributed by atoms with E-state index in [4.69, 9.17) is 11.6 Å². The van der Waals surface area contributed by atoms with Gasteiger partial charge in [-0.1, -0.05) is 23.7 Å². The molecule has 0 aliphatic carbocycles. The van der Waals surface area contributed by atoms with E-state index in [0.717, 1.165) is 38.6 Å². The zero-order chi connectivity index (χ0) is 20.2. The van der Waals surface area contributed by atoms with Crippen molar-refractivity contribution in [3.05, 3.63) is 53.2 Å². The first-order chi connectivity index (χ1) is 12.9. The van der Waals surface area contributed by atoms with Crippen molar-refractivity contribution in [3.63, 3.8) is 0 Å². The van der Waals surface area contributed by atoms with Gasteiger partial charge in [-0.05, 0) is 31.9 Å². The molecule has 1 aliphatic rings. The van der Waals surface area contributed by atoms with E-state index >= 15 is 0 Å². The first kappa shape index (κ1) is 23.7. The Morgan fingerprint density at radius 1 is 1.30 bits per heavy atom. The van der Waals surface area contributed by atoms with Crippen molar-refractivity contribution in [1.82, 2.24) is 9.97 Å². The molecule has 6 nitrogen and oxygen atoms in total. The van der Waals surface area contributed by atoms with E-state index in [9.17, 15) is 9.18 Å². The molecular weight excluding hydrogens is 565 g/mol. The van der Waals surface area contributed by atoms with Crippen LogP contribution in [0.25, 0.3) is 0 Å². The van der Waals surface area contributed by atoms with E-state index in [0.29, 0.717) is 6.04 Å². The Bertz CT molecular complexity index is 686. The number of hydrogen-bond acceptors (Lipinski definition) is 6. The second-order valence-corrected chi connectivity index (χ2v) is 7.83. The molecule has 0 spiro atoms. The van der Waals surface area contributed by atoms with E-state index in [2.05, 4.69) is 29.2 Å². The minimum atomic E-state index is -0.450. The van der Waals surface area contributed by atoms with Crippen LogP contribution < -0.4 is 4.90 Å². The Morgan fingerprint density at radius 2 is 1.96 bits per heavy atom. The number of ether oxygens (including phenoxy) is 1. The molecule has 0 radical (unpaired) electrons. The third-order valence-corrected chi connectivity index (χ3v) is 4.01. The molecule has 0 bridgehead atoms. The number of esters is 1. The Balaban J connectivity index is 0.000000277. The maximum Gasteiger partial charge on any atom is 0.141 e. The van der Waals surface area contributed by atoms with Crippen molar-refractivity contribution in [2.75, 3.05) is 25.7 Å². The van der Waals surface area contributed by atoms with E-state index < -0.39 is 5.97 Å². The minimum Gasteiger partial charge on any atom is -0.205 e. The van der Waals surface area contributed by atoms with Crippen LogP contribution in [0.1, 0.15) is 30.3 Å². The van der Waals surface area contributed by atoms with Crippen LogP contribution >= 0.6 is 11.6 Å². The molecule has 0 N–H and O–H groups in total. The molecule has 1 saturated heterocycles. The first-order valence-electron chi connectivity index (χ1n) is 8.24. The second-order valence-electron chi connectivity index (χ2n) is 5.59. The fourth-order valence-corrected chi connectivity index (χ4v) is 2.53. The van der Waals surface area contributed by atoms with Crippen LogP contribution in [0.3, 0.4) is 0 Å². The molecule has 1 aromatic heterocycles. The molecule has 0 amide bonds. The Morgan fingerprint density at radius 3 is 2.37 bits per heavy atom. The zero-order valence-corrected chi connectivity index (χ0v) is 20.8. The zero-order valence-electron chi connectivity index (χ0n) is 15.6. The Kier molecular flexibility index (Phi) is 11.4. The van der Waals surface area contributed by atoms with Gasteiger partial charge in [-0.15, -0.1) is 0 Å². The number of rotatable bonds is 2. The van der Waals surface area contributed by atoms with Crippen LogP contribution in [0, 0.1) is 5.82 Å². The van der Waals surface area contributed by atoms with E-state index in [1.807, 2.05) is 0 Å². The summed E-state index contributed by atoms with van der Waals surface area (Å²) in [6.07, 6.45) is 5.46. The number of carbonyl (C=O) groups excluding carboxylic acids is 1. The first-order valence-corrected chi connectivity index (χ1v) is 10.5. The summed E-state index contributed by atoms with van der Waals surface area (Å²) in [5.74, 6) is 0.0142. The molecule has 27 heavy (non-hydrogen) atoms. The Labute approximate surface area is 180 Å². The molecule has 9 heteroatoms. The number of halogens is 2. The van der Waals surface area contributed by atoms with E-state index in [-0.39, 0.29) is 16.5 Å². The number of methoxy groups -OCH3 is 1. The van der Waals surface area contributed by atoms with Gasteiger partial charge in [0.2, 0.25) is 0 Å². The number of carbonyl (C=O) groups is 1. The van der Waals surface area contributed by atoms with Gasteiger partial charge in [0.05, 0.1) is 24.5 Å². The summed E-state index contributed by atoms with van der Waals surface area (Å²) in [6, 6.07) is 6.62. The molecule has 1 atom stereocenters. The van der Waals surface area contributed by atoms with Gasteiger partial charge in [0.1, 0.15) is 11.6 Å². The van der Waals surface area contributed by atoms with Crippen LogP contribution in [-0.4, -0.2) is 69.0 Å². The number of hydrogen-bond donors (Lipinski definition) is 0.